The van der Waals surface area contributed by atoms with Gasteiger partial charge in [-0.25, -0.2) is 0 Å². The van der Waals surface area contributed by atoms with Gasteiger partial charge in [0.05, 0.1) is 14.2 Å². The molecular formula is C14H21NO2. The highest BCUT2D eigenvalue weighted by atomic mass is 16.5. The van der Waals surface area contributed by atoms with Gasteiger partial charge in [0.2, 0.25) is 0 Å². The predicted octanol–water partition coefficient (Wildman–Crippen LogP) is 2.55. The molecule has 2 N–H and O–H groups in total. The van der Waals surface area contributed by atoms with Crippen molar-refractivity contribution in [1.82, 2.24) is 0 Å². The minimum Gasteiger partial charge on any atom is -0.493 e. The summed E-state index contributed by atoms with van der Waals surface area (Å²) in [6.45, 7) is 0.777. The molecule has 0 spiro atoms. The van der Waals surface area contributed by atoms with Crippen molar-refractivity contribution in [2.75, 3.05) is 20.8 Å². The molecule has 0 heterocycles. The van der Waals surface area contributed by atoms with Crippen LogP contribution in [-0.2, 0) is 0 Å². The molecule has 0 amide bonds. The normalized spacial score (nSPS) is 23.7. The molecule has 0 aliphatic heterocycles. The summed E-state index contributed by atoms with van der Waals surface area (Å²) in [4.78, 5) is 0. The molecule has 2 atom stereocenters. The summed E-state index contributed by atoms with van der Waals surface area (Å²) in [6, 6.07) is 6.22. The molecule has 2 unspecified atom stereocenters. The Bertz CT molecular complexity index is 378. The minimum absolute atomic E-state index is 0.583. The van der Waals surface area contributed by atoms with Gasteiger partial charge in [0.15, 0.2) is 11.5 Å². The third-order valence-corrected chi connectivity index (χ3v) is 3.80. The van der Waals surface area contributed by atoms with E-state index < -0.39 is 0 Å². The van der Waals surface area contributed by atoms with E-state index in [-0.39, 0.29) is 0 Å². The summed E-state index contributed by atoms with van der Waals surface area (Å²) >= 11 is 0. The Morgan fingerprint density at radius 1 is 1.18 bits per heavy atom. The van der Waals surface area contributed by atoms with Gasteiger partial charge in [-0.1, -0.05) is 12.5 Å². The number of nitrogens with two attached hydrogens (primary N) is 1. The number of ether oxygens (including phenoxy) is 2. The third-order valence-electron chi connectivity index (χ3n) is 3.80. The van der Waals surface area contributed by atoms with Gasteiger partial charge < -0.3 is 15.2 Å². The van der Waals surface area contributed by atoms with Crippen LogP contribution in [0.2, 0.25) is 0 Å². The summed E-state index contributed by atoms with van der Waals surface area (Å²) in [5.41, 5.74) is 7.16. The van der Waals surface area contributed by atoms with E-state index in [2.05, 4.69) is 12.1 Å². The summed E-state index contributed by atoms with van der Waals surface area (Å²) in [7, 11) is 3.34. The monoisotopic (exact) mass is 235 g/mol. The fourth-order valence-corrected chi connectivity index (χ4v) is 2.84. The fourth-order valence-electron chi connectivity index (χ4n) is 2.84. The van der Waals surface area contributed by atoms with Gasteiger partial charge in [0.1, 0.15) is 0 Å². The maximum atomic E-state index is 5.83. The van der Waals surface area contributed by atoms with Gasteiger partial charge in [-0.15, -0.1) is 0 Å². The Hall–Kier alpha value is -1.22. The average molecular weight is 235 g/mol. The Balaban J connectivity index is 2.26. The van der Waals surface area contributed by atoms with Gasteiger partial charge in [-0.05, 0) is 48.9 Å². The molecule has 1 aliphatic rings. The molecule has 3 nitrogen and oxygen atoms in total. The highest BCUT2D eigenvalue weighted by Crippen LogP contribution is 2.41. The van der Waals surface area contributed by atoms with E-state index in [0.29, 0.717) is 11.8 Å². The summed E-state index contributed by atoms with van der Waals surface area (Å²) in [6.07, 6.45) is 3.76. The van der Waals surface area contributed by atoms with E-state index in [0.717, 1.165) is 18.0 Å². The number of rotatable bonds is 4. The van der Waals surface area contributed by atoms with Crippen molar-refractivity contribution < 1.29 is 9.47 Å². The highest BCUT2D eigenvalue weighted by molar-refractivity contribution is 5.44. The number of benzene rings is 1. The fraction of sp³-hybridized carbons (Fsp3) is 0.571. The molecule has 1 saturated carbocycles. The second-order valence-electron chi connectivity index (χ2n) is 4.65. The zero-order valence-corrected chi connectivity index (χ0v) is 10.6. The lowest BCUT2D eigenvalue weighted by Gasteiger charge is -2.19. The zero-order valence-electron chi connectivity index (χ0n) is 10.6. The highest BCUT2D eigenvalue weighted by Gasteiger charge is 2.27. The second-order valence-corrected chi connectivity index (χ2v) is 4.65. The molecule has 17 heavy (non-hydrogen) atoms. The molecule has 1 aromatic rings. The Morgan fingerprint density at radius 2 is 1.94 bits per heavy atom. The van der Waals surface area contributed by atoms with Crippen LogP contribution in [0.15, 0.2) is 18.2 Å². The van der Waals surface area contributed by atoms with Crippen molar-refractivity contribution in [1.29, 1.82) is 0 Å². The largest absolute Gasteiger partial charge is 0.493 e. The molecule has 1 aromatic carbocycles. The van der Waals surface area contributed by atoms with Gasteiger partial charge >= 0.3 is 0 Å². The van der Waals surface area contributed by atoms with Crippen molar-refractivity contribution in [2.45, 2.75) is 25.2 Å². The molecule has 1 aliphatic carbocycles. The molecular weight excluding hydrogens is 214 g/mol. The Kier molecular flexibility index (Phi) is 3.89. The average Bonchev–Trinajstić information content (AvgIpc) is 2.86. The third kappa shape index (κ3) is 2.39. The molecule has 3 heteroatoms. The van der Waals surface area contributed by atoms with E-state index >= 15 is 0 Å². The molecule has 0 aromatic heterocycles. The topological polar surface area (TPSA) is 44.5 Å². The van der Waals surface area contributed by atoms with Crippen LogP contribution in [-0.4, -0.2) is 20.8 Å². The maximum Gasteiger partial charge on any atom is 0.160 e. The van der Waals surface area contributed by atoms with Gasteiger partial charge in [0.25, 0.3) is 0 Å². The molecule has 2 rings (SSSR count). The van der Waals surface area contributed by atoms with Crippen LogP contribution >= 0.6 is 0 Å². The van der Waals surface area contributed by atoms with Crippen LogP contribution < -0.4 is 15.2 Å². The first-order chi connectivity index (χ1) is 8.30. The second kappa shape index (κ2) is 5.41. The lowest BCUT2D eigenvalue weighted by Crippen LogP contribution is -2.17. The number of hydrogen-bond donors (Lipinski definition) is 1. The first-order valence-corrected chi connectivity index (χ1v) is 6.22. The summed E-state index contributed by atoms with van der Waals surface area (Å²) < 4.78 is 10.6. The van der Waals surface area contributed by atoms with Crippen molar-refractivity contribution in [3.8, 4) is 11.5 Å². The first kappa shape index (κ1) is 12.2. The minimum atomic E-state index is 0.583. The predicted molar refractivity (Wildman–Crippen MR) is 68.7 cm³/mol. The zero-order chi connectivity index (χ0) is 12.3. The van der Waals surface area contributed by atoms with Gasteiger partial charge in [0, 0.05) is 0 Å². The van der Waals surface area contributed by atoms with E-state index in [9.17, 15) is 0 Å². The van der Waals surface area contributed by atoms with Crippen LogP contribution in [0.4, 0.5) is 0 Å². The molecule has 94 valence electrons. The molecule has 0 bridgehead atoms. The quantitative estimate of drug-likeness (QED) is 0.872. The van der Waals surface area contributed by atoms with E-state index in [1.807, 2.05) is 6.07 Å². The van der Waals surface area contributed by atoms with Gasteiger partial charge in [-0.3, -0.25) is 0 Å². The van der Waals surface area contributed by atoms with E-state index in [1.165, 1.54) is 24.8 Å². The number of methoxy groups -OCH3 is 2. The summed E-state index contributed by atoms with van der Waals surface area (Å²) in [5, 5.41) is 0. The summed E-state index contributed by atoms with van der Waals surface area (Å²) in [5.74, 6) is 2.80. The lowest BCUT2D eigenvalue weighted by molar-refractivity contribution is 0.353. The number of hydrogen-bond acceptors (Lipinski definition) is 3. The van der Waals surface area contributed by atoms with Crippen molar-refractivity contribution >= 4 is 0 Å². The van der Waals surface area contributed by atoms with Crippen LogP contribution in [0.3, 0.4) is 0 Å². The first-order valence-electron chi connectivity index (χ1n) is 6.22. The van der Waals surface area contributed by atoms with E-state index in [1.54, 1.807) is 14.2 Å². The van der Waals surface area contributed by atoms with Crippen molar-refractivity contribution in [2.24, 2.45) is 11.7 Å². The van der Waals surface area contributed by atoms with Crippen LogP contribution in [0, 0.1) is 5.92 Å². The maximum absolute atomic E-state index is 5.83. The standard InChI is InChI=1S/C14H21NO2/c1-16-13-7-6-10(8-14(13)17-2)12-5-3-4-11(12)9-15/h6-8,11-12H,3-5,9,15H2,1-2H3. The van der Waals surface area contributed by atoms with Crippen LogP contribution in [0.5, 0.6) is 11.5 Å². The Labute approximate surface area is 103 Å². The molecule has 0 radical (unpaired) electrons. The Morgan fingerprint density at radius 3 is 2.59 bits per heavy atom. The SMILES string of the molecule is COc1ccc(C2CCCC2CN)cc1OC. The lowest BCUT2D eigenvalue weighted by atomic mass is 9.89. The van der Waals surface area contributed by atoms with E-state index in [4.69, 9.17) is 15.2 Å². The van der Waals surface area contributed by atoms with Crippen molar-refractivity contribution in [3.05, 3.63) is 23.8 Å². The van der Waals surface area contributed by atoms with Gasteiger partial charge in [-0.2, -0.15) is 0 Å². The van der Waals surface area contributed by atoms with Crippen LogP contribution in [0.25, 0.3) is 0 Å². The van der Waals surface area contributed by atoms with Crippen molar-refractivity contribution in [3.63, 3.8) is 0 Å². The van der Waals surface area contributed by atoms with Crippen LogP contribution in [0.1, 0.15) is 30.7 Å². The molecule has 1 fully saturated rings. The smallest absolute Gasteiger partial charge is 0.160 e. The molecule has 0 saturated heterocycles.